The maximum atomic E-state index is 13.8. The van der Waals surface area contributed by atoms with Crippen molar-refractivity contribution in [3.63, 3.8) is 0 Å². The van der Waals surface area contributed by atoms with Crippen LogP contribution in [0.3, 0.4) is 0 Å². The fraction of sp³-hybridized carbons (Fsp3) is 0.600. The van der Waals surface area contributed by atoms with Gasteiger partial charge in [0.2, 0.25) is 5.91 Å². The number of piperidine rings is 1. The van der Waals surface area contributed by atoms with Crippen molar-refractivity contribution in [1.29, 1.82) is 0 Å². The monoisotopic (exact) mass is 346 g/mol. The van der Waals surface area contributed by atoms with Crippen molar-refractivity contribution in [2.75, 3.05) is 19.6 Å². The first-order valence-electron chi connectivity index (χ1n) is 9.46. The average Bonchev–Trinajstić information content (AvgIpc) is 2.67. The molecule has 0 spiro atoms. The number of amides is 2. The zero-order valence-corrected chi connectivity index (χ0v) is 14.7. The summed E-state index contributed by atoms with van der Waals surface area (Å²) in [6.45, 7) is 1.94. The maximum Gasteiger partial charge on any atom is 0.256 e. The molecule has 1 aromatic rings. The highest BCUT2D eigenvalue weighted by atomic mass is 19.1. The first-order valence-corrected chi connectivity index (χ1v) is 9.46. The van der Waals surface area contributed by atoms with E-state index in [2.05, 4.69) is 5.32 Å². The lowest BCUT2D eigenvalue weighted by Crippen LogP contribution is -2.42. The van der Waals surface area contributed by atoms with Gasteiger partial charge in [-0.15, -0.1) is 0 Å². The topological polar surface area (TPSA) is 49.4 Å². The first-order chi connectivity index (χ1) is 12.1. The van der Waals surface area contributed by atoms with Gasteiger partial charge in [0.15, 0.2) is 0 Å². The predicted molar refractivity (Wildman–Crippen MR) is 94.6 cm³/mol. The van der Waals surface area contributed by atoms with Gasteiger partial charge in [-0.3, -0.25) is 9.59 Å². The Balaban J connectivity index is 1.43. The number of hydrogen-bond acceptors (Lipinski definition) is 2. The molecule has 2 aliphatic rings. The minimum absolute atomic E-state index is 0.145. The SMILES string of the molecule is O=C(NCC1CCN(C(=O)c2ccccc2F)CC1)C1CCCCC1. The van der Waals surface area contributed by atoms with E-state index >= 15 is 0 Å². The minimum atomic E-state index is -0.464. The molecule has 3 rings (SSSR count). The highest BCUT2D eigenvalue weighted by Gasteiger charge is 2.26. The third-order valence-corrected chi connectivity index (χ3v) is 5.55. The number of carbonyl (C=O) groups excluding carboxylic acids is 2. The van der Waals surface area contributed by atoms with Gasteiger partial charge in [-0.1, -0.05) is 31.4 Å². The van der Waals surface area contributed by atoms with Crippen LogP contribution in [-0.2, 0) is 4.79 Å². The quantitative estimate of drug-likeness (QED) is 0.909. The molecule has 0 aromatic heterocycles. The van der Waals surface area contributed by atoms with E-state index in [1.54, 1.807) is 17.0 Å². The number of halogens is 1. The van der Waals surface area contributed by atoms with Gasteiger partial charge in [-0.05, 0) is 43.7 Å². The Bertz CT molecular complexity index is 605. The summed E-state index contributed by atoms with van der Waals surface area (Å²) in [6, 6.07) is 6.13. The van der Waals surface area contributed by atoms with E-state index in [4.69, 9.17) is 0 Å². The molecular weight excluding hydrogens is 319 g/mol. The standard InChI is InChI=1S/C20H27FN2O2/c21-18-9-5-4-8-17(18)20(25)23-12-10-15(11-13-23)14-22-19(24)16-6-2-1-3-7-16/h4-5,8-9,15-16H,1-3,6-7,10-14H2,(H,22,24). The minimum Gasteiger partial charge on any atom is -0.356 e. The zero-order chi connectivity index (χ0) is 17.6. The van der Waals surface area contributed by atoms with Crippen molar-refractivity contribution in [1.82, 2.24) is 10.2 Å². The molecule has 1 saturated heterocycles. The molecule has 1 saturated carbocycles. The molecule has 1 aromatic carbocycles. The summed E-state index contributed by atoms with van der Waals surface area (Å²) >= 11 is 0. The van der Waals surface area contributed by atoms with E-state index < -0.39 is 5.82 Å². The van der Waals surface area contributed by atoms with Gasteiger partial charge in [-0.25, -0.2) is 4.39 Å². The number of nitrogens with one attached hydrogen (secondary N) is 1. The summed E-state index contributed by atoms with van der Waals surface area (Å²) < 4.78 is 13.8. The summed E-state index contributed by atoms with van der Waals surface area (Å²) in [7, 11) is 0. The highest BCUT2D eigenvalue weighted by molar-refractivity contribution is 5.94. The Morgan fingerprint density at radius 3 is 2.40 bits per heavy atom. The van der Waals surface area contributed by atoms with E-state index in [0.29, 0.717) is 25.6 Å². The molecule has 1 aliphatic heterocycles. The Kier molecular flexibility index (Phi) is 6.05. The highest BCUT2D eigenvalue weighted by Crippen LogP contribution is 2.24. The largest absolute Gasteiger partial charge is 0.356 e. The van der Waals surface area contributed by atoms with Gasteiger partial charge >= 0.3 is 0 Å². The summed E-state index contributed by atoms with van der Waals surface area (Å²) in [5.41, 5.74) is 0.145. The number of carbonyl (C=O) groups is 2. The Hall–Kier alpha value is -1.91. The van der Waals surface area contributed by atoms with Gasteiger partial charge in [0.1, 0.15) is 5.82 Å². The predicted octanol–water partition coefficient (Wildman–Crippen LogP) is 3.37. The number of nitrogens with zero attached hydrogens (tertiary/aromatic N) is 1. The van der Waals surface area contributed by atoms with Crippen LogP contribution in [0.1, 0.15) is 55.3 Å². The lowest BCUT2D eigenvalue weighted by molar-refractivity contribution is -0.126. The van der Waals surface area contributed by atoms with Crippen LogP contribution in [0.2, 0.25) is 0 Å². The van der Waals surface area contributed by atoms with Crippen LogP contribution in [0.15, 0.2) is 24.3 Å². The van der Waals surface area contributed by atoms with Crippen molar-refractivity contribution in [3.05, 3.63) is 35.6 Å². The lowest BCUT2D eigenvalue weighted by Gasteiger charge is -2.32. The third kappa shape index (κ3) is 4.59. The van der Waals surface area contributed by atoms with Crippen molar-refractivity contribution in [2.45, 2.75) is 44.9 Å². The molecule has 0 radical (unpaired) electrons. The van der Waals surface area contributed by atoms with E-state index in [0.717, 1.165) is 38.5 Å². The summed E-state index contributed by atoms with van der Waals surface area (Å²) in [4.78, 5) is 26.4. The van der Waals surface area contributed by atoms with Crippen LogP contribution in [0.4, 0.5) is 4.39 Å². The summed E-state index contributed by atoms with van der Waals surface area (Å²) in [5, 5.41) is 3.10. The van der Waals surface area contributed by atoms with Gasteiger partial charge in [0.05, 0.1) is 5.56 Å². The molecule has 1 N–H and O–H groups in total. The fourth-order valence-electron chi connectivity index (χ4n) is 3.90. The van der Waals surface area contributed by atoms with Gasteiger partial charge in [0.25, 0.3) is 5.91 Å². The molecule has 5 heteroatoms. The van der Waals surface area contributed by atoms with Crippen molar-refractivity contribution < 1.29 is 14.0 Å². The van der Waals surface area contributed by atoms with Crippen molar-refractivity contribution in [3.8, 4) is 0 Å². The Morgan fingerprint density at radius 2 is 1.72 bits per heavy atom. The molecule has 1 aliphatic carbocycles. The van der Waals surface area contributed by atoms with E-state index in [9.17, 15) is 14.0 Å². The van der Waals surface area contributed by atoms with Crippen LogP contribution in [0.25, 0.3) is 0 Å². The van der Waals surface area contributed by atoms with E-state index in [1.165, 1.54) is 18.6 Å². The van der Waals surface area contributed by atoms with E-state index in [-0.39, 0.29) is 23.3 Å². The van der Waals surface area contributed by atoms with Crippen LogP contribution in [0, 0.1) is 17.7 Å². The molecule has 4 nitrogen and oxygen atoms in total. The maximum absolute atomic E-state index is 13.8. The third-order valence-electron chi connectivity index (χ3n) is 5.55. The normalized spacial score (nSPS) is 19.6. The second-order valence-electron chi connectivity index (χ2n) is 7.30. The molecule has 0 atom stereocenters. The van der Waals surface area contributed by atoms with Gasteiger partial charge < -0.3 is 10.2 Å². The van der Waals surface area contributed by atoms with Gasteiger partial charge in [0, 0.05) is 25.6 Å². The molecular formula is C20H27FN2O2. The number of benzene rings is 1. The van der Waals surface area contributed by atoms with Crippen LogP contribution < -0.4 is 5.32 Å². The van der Waals surface area contributed by atoms with Crippen molar-refractivity contribution in [2.24, 2.45) is 11.8 Å². The zero-order valence-electron chi connectivity index (χ0n) is 14.7. The Morgan fingerprint density at radius 1 is 1.04 bits per heavy atom. The number of likely N-dealkylation sites (tertiary alicyclic amines) is 1. The first kappa shape index (κ1) is 17.9. The molecule has 0 unspecified atom stereocenters. The molecule has 2 fully saturated rings. The lowest BCUT2D eigenvalue weighted by atomic mass is 9.88. The molecule has 0 bridgehead atoms. The van der Waals surface area contributed by atoms with Gasteiger partial charge in [-0.2, -0.15) is 0 Å². The van der Waals surface area contributed by atoms with E-state index in [1.807, 2.05) is 0 Å². The van der Waals surface area contributed by atoms with Crippen LogP contribution in [0.5, 0.6) is 0 Å². The van der Waals surface area contributed by atoms with Crippen LogP contribution in [-0.4, -0.2) is 36.3 Å². The molecule has 1 heterocycles. The smallest absolute Gasteiger partial charge is 0.256 e. The number of rotatable bonds is 4. The summed E-state index contributed by atoms with van der Waals surface area (Å²) in [5.74, 6) is 0.0930. The van der Waals surface area contributed by atoms with Crippen molar-refractivity contribution >= 4 is 11.8 Å². The average molecular weight is 346 g/mol. The Labute approximate surface area is 148 Å². The second-order valence-corrected chi connectivity index (χ2v) is 7.30. The number of hydrogen-bond donors (Lipinski definition) is 1. The van der Waals surface area contributed by atoms with Crippen LogP contribution >= 0.6 is 0 Å². The second kappa shape index (κ2) is 8.45. The molecule has 25 heavy (non-hydrogen) atoms. The molecule has 2 amide bonds. The fourth-order valence-corrected chi connectivity index (χ4v) is 3.90. The summed E-state index contributed by atoms with van der Waals surface area (Å²) in [6.07, 6.45) is 7.31. The molecule has 136 valence electrons.